The van der Waals surface area contributed by atoms with Crippen molar-refractivity contribution < 1.29 is 4.39 Å². The topological polar surface area (TPSA) is 48.7 Å². The van der Waals surface area contributed by atoms with E-state index in [1.165, 1.54) is 23.6 Å². The number of allylic oxidation sites excluding steroid dienone is 1. The van der Waals surface area contributed by atoms with Crippen LogP contribution in [-0.2, 0) is 0 Å². The number of nitrogens with zero attached hydrogens (tertiary/aromatic N) is 2. The first-order valence-electron chi connectivity index (χ1n) is 7.11. The number of nitriles is 1. The SMILES string of the molecule is N#C/C(=C/Nc1ccccc1F)c1nc(-c2ccc(Cl)c(Cl)c2)cs1. The summed E-state index contributed by atoms with van der Waals surface area (Å²) in [6, 6.07) is 13.5. The number of thiazole rings is 1. The second-order valence-electron chi connectivity index (χ2n) is 4.96. The van der Waals surface area contributed by atoms with E-state index in [9.17, 15) is 9.65 Å². The largest absolute Gasteiger partial charge is 0.358 e. The van der Waals surface area contributed by atoms with Gasteiger partial charge in [0.1, 0.15) is 22.5 Å². The van der Waals surface area contributed by atoms with Crippen LogP contribution in [-0.4, -0.2) is 4.98 Å². The highest BCUT2D eigenvalue weighted by molar-refractivity contribution is 7.11. The van der Waals surface area contributed by atoms with E-state index in [-0.39, 0.29) is 5.69 Å². The fraction of sp³-hybridized carbons (Fsp3) is 0. The van der Waals surface area contributed by atoms with Gasteiger partial charge in [0.05, 0.1) is 21.4 Å². The number of hydrogen-bond acceptors (Lipinski definition) is 4. The molecule has 1 aromatic heterocycles. The molecule has 0 unspecified atom stereocenters. The standard InChI is InChI=1S/C18H10Cl2FN3S/c19-13-6-5-11(7-14(13)20)17-10-25-18(24-17)12(8-22)9-23-16-4-2-1-3-15(16)21/h1-7,9-10,23H/b12-9-. The molecule has 3 aromatic rings. The zero-order valence-corrected chi connectivity index (χ0v) is 15.0. The summed E-state index contributed by atoms with van der Waals surface area (Å²) >= 11 is 13.3. The molecule has 25 heavy (non-hydrogen) atoms. The van der Waals surface area contributed by atoms with E-state index < -0.39 is 5.82 Å². The minimum absolute atomic E-state index is 0.288. The molecular formula is C18H10Cl2FN3S. The highest BCUT2D eigenvalue weighted by Gasteiger charge is 2.10. The van der Waals surface area contributed by atoms with Gasteiger partial charge in [-0.1, -0.05) is 41.4 Å². The van der Waals surface area contributed by atoms with Crippen LogP contribution < -0.4 is 5.32 Å². The predicted octanol–water partition coefficient (Wildman–Crippen LogP) is 6.23. The lowest BCUT2D eigenvalue weighted by atomic mass is 10.2. The van der Waals surface area contributed by atoms with E-state index in [2.05, 4.69) is 16.4 Å². The van der Waals surface area contributed by atoms with Gasteiger partial charge in [-0.25, -0.2) is 9.37 Å². The maximum absolute atomic E-state index is 13.6. The number of aromatic nitrogens is 1. The Morgan fingerprint density at radius 2 is 2.00 bits per heavy atom. The maximum atomic E-state index is 13.6. The zero-order chi connectivity index (χ0) is 17.8. The highest BCUT2D eigenvalue weighted by atomic mass is 35.5. The molecule has 0 aliphatic heterocycles. The summed E-state index contributed by atoms with van der Waals surface area (Å²) < 4.78 is 13.6. The first-order chi connectivity index (χ1) is 12.1. The van der Waals surface area contributed by atoms with Crippen molar-refractivity contribution in [1.29, 1.82) is 5.26 Å². The molecular weight excluding hydrogens is 380 g/mol. The molecule has 7 heteroatoms. The highest BCUT2D eigenvalue weighted by Crippen LogP contribution is 2.30. The molecule has 0 fully saturated rings. The van der Waals surface area contributed by atoms with Gasteiger partial charge in [0.25, 0.3) is 0 Å². The van der Waals surface area contributed by atoms with Gasteiger partial charge in [0.2, 0.25) is 0 Å². The number of halogens is 3. The van der Waals surface area contributed by atoms with Crippen molar-refractivity contribution in [2.75, 3.05) is 5.32 Å². The Hall–Kier alpha value is -2.39. The average Bonchev–Trinajstić information content (AvgIpc) is 3.09. The molecule has 3 rings (SSSR count). The van der Waals surface area contributed by atoms with Gasteiger partial charge in [-0.3, -0.25) is 0 Å². The Kier molecular flexibility index (Phi) is 5.34. The maximum Gasteiger partial charge on any atom is 0.146 e. The van der Waals surface area contributed by atoms with Crippen LogP contribution in [0.25, 0.3) is 16.8 Å². The second kappa shape index (κ2) is 7.66. The summed E-state index contributed by atoms with van der Waals surface area (Å²) in [4.78, 5) is 4.45. The third-order valence-corrected chi connectivity index (χ3v) is 4.93. The Labute approximate surface area is 158 Å². The Balaban J connectivity index is 1.86. The molecule has 2 aromatic carbocycles. The smallest absolute Gasteiger partial charge is 0.146 e. The van der Waals surface area contributed by atoms with Crippen LogP contribution in [0.5, 0.6) is 0 Å². The zero-order valence-electron chi connectivity index (χ0n) is 12.6. The molecule has 0 radical (unpaired) electrons. The van der Waals surface area contributed by atoms with Crippen molar-refractivity contribution >= 4 is 45.8 Å². The second-order valence-corrected chi connectivity index (χ2v) is 6.63. The average molecular weight is 390 g/mol. The number of para-hydroxylation sites is 1. The van der Waals surface area contributed by atoms with Gasteiger partial charge < -0.3 is 5.32 Å². The van der Waals surface area contributed by atoms with Gasteiger partial charge in [-0.2, -0.15) is 5.26 Å². The van der Waals surface area contributed by atoms with E-state index in [1.807, 2.05) is 5.38 Å². The van der Waals surface area contributed by atoms with Gasteiger partial charge in [0, 0.05) is 17.1 Å². The quantitative estimate of drug-likeness (QED) is 0.537. The minimum Gasteiger partial charge on any atom is -0.358 e. The first-order valence-corrected chi connectivity index (χ1v) is 8.74. The first kappa shape index (κ1) is 17.4. The van der Waals surface area contributed by atoms with Crippen molar-refractivity contribution in [3.63, 3.8) is 0 Å². The van der Waals surface area contributed by atoms with Gasteiger partial charge >= 0.3 is 0 Å². The Morgan fingerprint density at radius 3 is 2.72 bits per heavy atom. The molecule has 1 heterocycles. The lowest BCUT2D eigenvalue weighted by molar-refractivity contribution is 0.632. The minimum atomic E-state index is -0.397. The lowest BCUT2D eigenvalue weighted by Crippen LogP contribution is -1.93. The van der Waals surface area contributed by atoms with E-state index in [0.717, 1.165) is 5.56 Å². The third-order valence-electron chi connectivity index (χ3n) is 3.32. The number of hydrogen-bond donors (Lipinski definition) is 1. The molecule has 3 nitrogen and oxygen atoms in total. The van der Waals surface area contributed by atoms with Crippen LogP contribution in [0.4, 0.5) is 10.1 Å². The molecule has 1 N–H and O–H groups in total. The van der Waals surface area contributed by atoms with Crippen molar-refractivity contribution in [3.8, 4) is 17.3 Å². The molecule has 0 aliphatic carbocycles. The van der Waals surface area contributed by atoms with E-state index in [4.69, 9.17) is 23.2 Å². The molecule has 0 atom stereocenters. The van der Waals surface area contributed by atoms with Crippen LogP contribution in [0.3, 0.4) is 0 Å². The van der Waals surface area contributed by atoms with Crippen LogP contribution in [0.15, 0.2) is 54.0 Å². The monoisotopic (exact) mass is 389 g/mol. The van der Waals surface area contributed by atoms with Crippen LogP contribution in [0.1, 0.15) is 5.01 Å². The molecule has 0 amide bonds. The van der Waals surface area contributed by atoms with Crippen LogP contribution >= 0.6 is 34.5 Å². The summed E-state index contributed by atoms with van der Waals surface area (Å²) in [6.45, 7) is 0. The van der Waals surface area contributed by atoms with Crippen molar-refractivity contribution in [2.24, 2.45) is 0 Å². The summed E-state index contributed by atoms with van der Waals surface area (Å²) in [5.41, 5.74) is 2.08. The number of anilines is 1. The van der Waals surface area contributed by atoms with Crippen LogP contribution in [0, 0.1) is 17.1 Å². The molecule has 0 spiro atoms. The molecule has 0 saturated carbocycles. The Bertz CT molecular complexity index is 992. The van der Waals surface area contributed by atoms with Gasteiger partial charge in [-0.15, -0.1) is 11.3 Å². The van der Waals surface area contributed by atoms with Crippen molar-refractivity contribution in [1.82, 2.24) is 4.98 Å². The molecule has 124 valence electrons. The number of nitrogens with one attached hydrogen (secondary N) is 1. The Morgan fingerprint density at radius 1 is 1.20 bits per heavy atom. The van der Waals surface area contributed by atoms with E-state index in [0.29, 0.717) is 26.3 Å². The molecule has 0 saturated heterocycles. The molecule has 0 bridgehead atoms. The predicted molar refractivity (Wildman–Crippen MR) is 101 cm³/mol. The summed E-state index contributed by atoms with van der Waals surface area (Å²) in [5, 5.41) is 15.4. The van der Waals surface area contributed by atoms with Crippen LogP contribution in [0.2, 0.25) is 10.0 Å². The van der Waals surface area contributed by atoms with Gasteiger partial charge in [0.15, 0.2) is 0 Å². The fourth-order valence-corrected chi connectivity index (χ4v) is 3.15. The molecule has 0 aliphatic rings. The van der Waals surface area contributed by atoms with Crippen molar-refractivity contribution in [3.05, 3.63) is 74.9 Å². The summed E-state index contributed by atoms with van der Waals surface area (Å²) in [7, 11) is 0. The summed E-state index contributed by atoms with van der Waals surface area (Å²) in [6.07, 6.45) is 1.44. The third kappa shape index (κ3) is 3.99. The van der Waals surface area contributed by atoms with E-state index in [1.54, 1.807) is 36.4 Å². The van der Waals surface area contributed by atoms with Gasteiger partial charge in [-0.05, 0) is 24.3 Å². The van der Waals surface area contributed by atoms with Crippen molar-refractivity contribution in [2.45, 2.75) is 0 Å². The lowest BCUT2D eigenvalue weighted by Gasteiger charge is -2.02. The normalized spacial score (nSPS) is 11.2. The summed E-state index contributed by atoms with van der Waals surface area (Å²) in [5.74, 6) is -0.397. The van der Waals surface area contributed by atoms with E-state index >= 15 is 0 Å². The number of benzene rings is 2. The fourth-order valence-electron chi connectivity index (χ4n) is 2.06. The number of rotatable bonds is 4.